The van der Waals surface area contributed by atoms with E-state index in [1.54, 1.807) is 17.9 Å². The molecule has 1 aromatic heterocycles. The summed E-state index contributed by atoms with van der Waals surface area (Å²) in [5, 5.41) is 10.3. The Labute approximate surface area is 126 Å². The molecule has 6 heteroatoms. The van der Waals surface area contributed by atoms with Crippen molar-refractivity contribution in [2.24, 2.45) is 5.92 Å². The SMILES string of the molecule is CCN1CCC(C(C)Nc2cnn(CC(=O)NC)c2)CC1. The summed E-state index contributed by atoms with van der Waals surface area (Å²) in [4.78, 5) is 13.8. The van der Waals surface area contributed by atoms with Gasteiger partial charge < -0.3 is 15.5 Å². The van der Waals surface area contributed by atoms with Crippen LogP contribution in [0.3, 0.4) is 0 Å². The monoisotopic (exact) mass is 293 g/mol. The molecule has 1 fully saturated rings. The largest absolute Gasteiger partial charge is 0.380 e. The predicted molar refractivity (Wildman–Crippen MR) is 84.2 cm³/mol. The molecular formula is C15H27N5O. The first-order chi connectivity index (χ1) is 10.1. The molecule has 21 heavy (non-hydrogen) atoms. The third-order valence-electron chi connectivity index (χ3n) is 4.40. The number of likely N-dealkylation sites (N-methyl/N-ethyl adjacent to an activating group) is 1. The van der Waals surface area contributed by atoms with Crippen LogP contribution in [0.1, 0.15) is 26.7 Å². The Morgan fingerprint density at radius 1 is 1.48 bits per heavy atom. The highest BCUT2D eigenvalue weighted by molar-refractivity contribution is 5.75. The standard InChI is InChI=1S/C15H27N5O/c1-4-19-7-5-13(6-8-19)12(2)18-14-9-17-20(10-14)11-15(21)16-3/h9-10,12-13,18H,4-8,11H2,1-3H3,(H,16,21). The molecule has 0 spiro atoms. The lowest BCUT2D eigenvalue weighted by atomic mass is 9.90. The molecule has 2 N–H and O–H groups in total. The number of amides is 1. The second-order valence-electron chi connectivity index (χ2n) is 5.80. The number of piperidine rings is 1. The van der Waals surface area contributed by atoms with Gasteiger partial charge in [0.15, 0.2) is 0 Å². The lowest BCUT2D eigenvalue weighted by molar-refractivity contribution is -0.121. The molecule has 1 unspecified atom stereocenters. The number of anilines is 1. The number of hydrogen-bond acceptors (Lipinski definition) is 4. The van der Waals surface area contributed by atoms with Crippen LogP contribution in [0.2, 0.25) is 0 Å². The molecule has 0 aromatic carbocycles. The average molecular weight is 293 g/mol. The Hall–Kier alpha value is -1.56. The maximum atomic E-state index is 11.3. The van der Waals surface area contributed by atoms with Crippen molar-refractivity contribution in [3.05, 3.63) is 12.4 Å². The molecule has 2 heterocycles. The number of carbonyl (C=O) groups excluding carboxylic acids is 1. The molecule has 1 aromatic rings. The van der Waals surface area contributed by atoms with Crippen molar-refractivity contribution < 1.29 is 4.79 Å². The molecule has 0 bridgehead atoms. The minimum Gasteiger partial charge on any atom is -0.380 e. The summed E-state index contributed by atoms with van der Waals surface area (Å²) in [6.07, 6.45) is 6.18. The number of rotatable bonds is 6. The topological polar surface area (TPSA) is 62.2 Å². The van der Waals surface area contributed by atoms with Gasteiger partial charge in [-0.3, -0.25) is 9.48 Å². The molecule has 2 rings (SSSR count). The highest BCUT2D eigenvalue weighted by Crippen LogP contribution is 2.22. The van der Waals surface area contributed by atoms with Crippen molar-refractivity contribution in [1.82, 2.24) is 20.0 Å². The van der Waals surface area contributed by atoms with Crippen LogP contribution in [-0.2, 0) is 11.3 Å². The van der Waals surface area contributed by atoms with Crippen LogP contribution in [0.4, 0.5) is 5.69 Å². The van der Waals surface area contributed by atoms with Crippen molar-refractivity contribution >= 4 is 11.6 Å². The lowest BCUT2D eigenvalue weighted by Gasteiger charge is -2.34. The summed E-state index contributed by atoms with van der Waals surface area (Å²) in [7, 11) is 1.63. The molecule has 1 aliphatic rings. The molecule has 1 amide bonds. The van der Waals surface area contributed by atoms with E-state index in [9.17, 15) is 4.79 Å². The molecule has 0 aliphatic carbocycles. The summed E-state index contributed by atoms with van der Waals surface area (Å²) in [6, 6.07) is 0.432. The molecule has 6 nitrogen and oxygen atoms in total. The van der Waals surface area contributed by atoms with E-state index < -0.39 is 0 Å². The summed E-state index contributed by atoms with van der Waals surface area (Å²) in [5.41, 5.74) is 0.990. The van der Waals surface area contributed by atoms with E-state index in [0.29, 0.717) is 12.0 Å². The zero-order valence-corrected chi connectivity index (χ0v) is 13.3. The maximum Gasteiger partial charge on any atom is 0.241 e. The molecular weight excluding hydrogens is 266 g/mol. The molecule has 1 saturated heterocycles. The number of hydrogen-bond donors (Lipinski definition) is 2. The highest BCUT2D eigenvalue weighted by atomic mass is 16.1. The Balaban J connectivity index is 1.82. The van der Waals surface area contributed by atoms with E-state index in [2.05, 4.69) is 34.5 Å². The zero-order valence-electron chi connectivity index (χ0n) is 13.3. The normalized spacial score (nSPS) is 18.4. The maximum absolute atomic E-state index is 11.3. The fourth-order valence-corrected chi connectivity index (χ4v) is 2.90. The van der Waals surface area contributed by atoms with Crippen LogP contribution in [0.25, 0.3) is 0 Å². The van der Waals surface area contributed by atoms with E-state index in [4.69, 9.17) is 0 Å². The molecule has 0 radical (unpaired) electrons. The lowest BCUT2D eigenvalue weighted by Crippen LogP contribution is -2.39. The smallest absolute Gasteiger partial charge is 0.241 e. The minimum absolute atomic E-state index is 0.0374. The Morgan fingerprint density at radius 2 is 2.19 bits per heavy atom. The van der Waals surface area contributed by atoms with Gasteiger partial charge >= 0.3 is 0 Å². The van der Waals surface area contributed by atoms with Gasteiger partial charge in [0.2, 0.25) is 5.91 Å². The van der Waals surface area contributed by atoms with Crippen LogP contribution >= 0.6 is 0 Å². The fourth-order valence-electron chi connectivity index (χ4n) is 2.90. The van der Waals surface area contributed by atoms with Crippen LogP contribution < -0.4 is 10.6 Å². The highest BCUT2D eigenvalue weighted by Gasteiger charge is 2.23. The van der Waals surface area contributed by atoms with Gasteiger partial charge in [0.25, 0.3) is 0 Å². The van der Waals surface area contributed by atoms with Crippen molar-refractivity contribution in [2.75, 3.05) is 32.0 Å². The number of carbonyl (C=O) groups is 1. The zero-order chi connectivity index (χ0) is 15.2. The molecule has 0 saturated carbocycles. The van der Waals surface area contributed by atoms with Crippen LogP contribution in [-0.4, -0.2) is 53.3 Å². The van der Waals surface area contributed by atoms with E-state index in [0.717, 1.165) is 12.2 Å². The van der Waals surface area contributed by atoms with Gasteiger partial charge in [0.05, 0.1) is 11.9 Å². The van der Waals surface area contributed by atoms with Crippen molar-refractivity contribution in [3.63, 3.8) is 0 Å². The molecule has 118 valence electrons. The fraction of sp³-hybridized carbons (Fsp3) is 0.733. The van der Waals surface area contributed by atoms with Crippen molar-refractivity contribution in [1.29, 1.82) is 0 Å². The van der Waals surface area contributed by atoms with Gasteiger partial charge in [0, 0.05) is 19.3 Å². The molecule has 1 atom stereocenters. The average Bonchev–Trinajstić information content (AvgIpc) is 2.94. The summed E-state index contributed by atoms with van der Waals surface area (Å²) in [6.45, 7) is 8.28. The first-order valence-corrected chi connectivity index (χ1v) is 7.84. The molecule has 1 aliphatic heterocycles. The first-order valence-electron chi connectivity index (χ1n) is 7.84. The first kappa shape index (κ1) is 15.8. The Morgan fingerprint density at radius 3 is 2.81 bits per heavy atom. The van der Waals surface area contributed by atoms with Crippen molar-refractivity contribution in [3.8, 4) is 0 Å². The van der Waals surface area contributed by atoms with Crippen LogP contribution in [0.15, 0.2) is 12.4 Å². The van der Waals surface area contributed by atoms with Crippen LogP contribution in [0, 0.1) is 5.92 Å². The predicted octanol–water partition coefficient (Wildman–Crippen LogP) is 1.16. The summed E-state index contributed by atoms with van der Waals surface area (Å²) >= 11 is 0. The van der Waals surface area contributed by atoms with Gasteiger partial charge in [-0.1, -0.05) is 6.92 Å². The number of aromatic nitrogens is 2. The number of likely N-dealkylation sites (tertiary alicyclic amines) is 1. The Kier molecular flexibility index (Phi) is 5.61. The van der Waals surface area contributed by atoms with E-state index in [1.165, 1.54) is 25.9 Å². The van der Waals surface area contributed by atoms with Gasteiger partial charge in [-0.15, -0.1) is 0 Å². The second-order valence-corrected chi connectivity index (χ2v) is 5.80. The summed E-state index contributed by atoms with van der Waals surface area (Å²) < 4.78 is 1.66. The Bertz CT molecular complexity index is 451. The quantitative estimate of drug-likeness (QED) is 0.826. The van der Waals surface area contributed by atoms with Gasteiger partial charge in [-0.25, -0.2) is 0 Å². The third-order valence-corrected chi connectivity index (χ3v) is 4.40. The van der Waals surface area contributed by atoms with E-state index in [-0.39, 0.29) is 12.5 Å². The summed E-state index contributed by atoms with van der Waals surface area (Å²) in [5.74, 6) is 0.666. The van der Waals surface area contributed by atoms with E-state index >= 15 is 0 Å². The van der Waals surface area contributed by atoms with Gasteiger partial charge in [-0.2, -0.15) is 5.10 Å². The third kappa shape index (κ3) is 4.46. The second kappa shape index (κ2) is 7.45. The van der Waals surface area contributed by atoms with Gasteiger partial charge in [0.1, 0.15) is 6.54 Å². The van der Waals surface area contributed by atoms with Crippen LogP contribution in [0.5, 0.6) is 0 Å². The minimum atomic E-state index is -0.0374. The number of nitrogens with one attached hydrogen (secondary N) is 2. The van der Waals surface area contributed by atoms with E-state index in [1.807, 2.05) is 6.20 Å². The number of nitrogens with zero attached hydrogens (tertiary/aromatic N) is 3. The van der Waals surface area contributed by atoms with Crippen molar-refractivity contribution in [2.45, 2.75) is 39.3 Å². The van der Waals surface area contributed by atoms with Gasteiger partial charge in [-0.05, 0) is 45.3 Å².